The van der Waals surface area contributed by atoms with Crippen LogP contribution in [0.5, 0.6) is 5.75 Å². The summed E-state index contributed by atoms with van der Waals surface area (Å²) in [6.45, 7) is 2.08. The lowest BCUT2D eigenvalue weighted by molar-refractivity contribution is -0.253. The minimum absolute atomic E-state index is 0.306. The van der Waals surface area contributed by atoms with E-state index in [4.69, 9.17) is 0 Å². The number of ether oxygens (including phenoxy) is 1. The molecular weight excluding hydrogens is 368 g/mol. The third kappa shape index (κ3) is 5.28. The van der Waals surface area contributed by atoms with Crippen LogP contribution in [-0.2, 0) is 0 Å². The fraction of sp³-hybridized carbons (Fsp3) is 0.391. The van der Waals surface area contributed by atoms with Gasteiger partial charge in [0.2, 0.25) is 0 Å². The summed E-state index contributed by atoms with van der Waals surface area (Å²) in [5, 5.41) is 0. The zero-order valence-corrected chi connectivity index (χ0v) is 15.6. The fourth-order valence-corrected chi connectivity index (χ4v) is 3.40. The second kappa shape index (κ2) is 8.68. The third-order valence-electron chi connectivity index (χ3n) is 5.06. The number of rotatable bonds is 4. The van der Waals surface area contributed by atoms with Gasteiger partial charge < -0.3 is 4.74 Å². The molecule has 0 aliphatic heterocycles. The van der Waals surface area contributed by atoms with E-state index in [0.717, 1.165) is 25.7 Å². The Morgan fingerprint density at radius 1 is 0.929 bits per heavy atom. The number of hydrogen-bond acceptors (Lipinski definition) is 1. The average Bonchev–Trinajstić information content (AvgIpc) is 2.68. The maximum atomic E-state index is 12.9. The van der Waals surface area contributed by atoms with Gasteiger partial charge in [-0.15, -0.1) is 0 Å². The Kier molecular flexibility index (Phi) is 6.28. The van der Waals surface area contributed by atoms with E-state index in [0.29, 0.717) is 17.4 Å². The van der Waals surface area contributed by atoms with Gasteiger partial charge >= 0.3 is 12.5 Å². The number of benzene rings is 2. The summed E-state index contributed by atoms with van der Waals surface area (Å²) in [5.41, 5.74) is 3.29. The van der Waals surface area contributed by atoms with Crippen molar-refractivity contribution in [1.82, 2.24) is 0 Å². The Hall–Kier alpha value is -2.48. The van der Waals surface area contributed by atoms with Gasteiger partial charge in [-0.1, -0.05) is 41.7 Å². The molecule has 0 aromatic heterocycles. The molecule has 1 nitrogen and oxygen atoms in total. The predicted octanol–water partition coefficient (Wildman–Crippen LogP) is 6.56. The smallest absolute Gasteiger partial charge is 0.428 e. The molecule has 0 atom stereocenters. The maximum absolute atomic E-state index is 12.9. The quantitative estimate of drug-likeness (QED) is 0.424. The molecule has 0 heterocycles. The van der Waals surface area contributed by atoms with E-state index in [1.165, 1.54) is 35.4 Å². The molecule has 2 aromatic carbocycles. The first-order valence-electron chi connectivity index (χ1n) is 9.36. The molecule has 1 saturated carbocycles. The average molecular weight is 390 g/mol. The van der Waals surface area contributed by atoms with E-state index < -0.39 is 12.5 Å². The molecule has 0 unspecified atom stereocenters. The van der Waals surface area contributed by atoms with Gasteiger partial charge in [-0.05, 0) is 68.4 Å². The summed E-state index contributed by atoms with van der Waals surface area (Å²) in [6, 6.07) is 14.2. The highest BCUT2D eigenvalue weighted by Gasteiger charge is 2.43. The maximum Gasteiger partial charge on any atom is 0.461 e. The van der Waals surface area contributed by atoms with Gasteiger partial charge in [0.25, 0.3) is 0 Å². The van der Waals surface area contributed by atoms with Crippen LogP contribution >= 0.6 is 0 Å². The summed E-state index contributed by atoms with van der Waals surface area (Å²) in [7, 11) is 0. The molecule has 28 heavy (non-hydrogen) atoms. The van der Waals surface area contributed by atoms with Gasteiger partial charge in [-0.25, -0.2) is 0 Å². The number of aryl methyl sites for hydroxylation is 1. The monoisotopic (exact) mass is 390 g/mol. The topological polar surface area (TPSA) is 9.23 Å². The summed E-state index contributed by atoms with van der Waals surface area (Å²) in [5.74, 6) is 6.87. The summed E-state index contributed by atoms with van der Waals surface area (Å²) < 4.78 is 54.2. The van der Waals surface area contributed by atoms with E-state index >= 15 is 0 Å². The van der Waals surface area contributed by atoms with Gasteiger partial charge in [0, 0.05) is 11.5 Å². The van der Waals surface area contributed by atoms with E-state index in [1.54, 1.807) is 0 Å². The van der Waals surface area contributed by atoms with Crippen LogP contribution < -0.4 is 4.74 Å². The Bertz CT molecular complexity index is 824. The summed E-state index contributed by atoms with van der Waals surface area (Å²) in [4.78, 5) is 0. The van der Waals surface area contributed by atoms with Crippen molar-refractivity contribution in [3.8, 4) is 17.6 Å². The fourth-order valence-electron chi connectivity index (χ4n) is 3.40. The minimum atomic E-state index is -4.50. The summed E-state index contributed by atoms with van der Waals surface area (Å²) in [6.07, 6.45) is -4.14. The van der Waals surface area contributed by atoms with Crippen LogP contribution in [0.3, 0.4) is 0 Å². The molecular formula is C23H22F4O. The molecule has 1 aliphatic rings. The van der Waals surface area contributed by atoms with Gasteiger partial charge in [0.15, 0.2) is 0 Å². The van der Waals surface area contributed by atoms with Crippen molar-refractivity contribution in [2.24, 2.45) is 5.92 Å². The van der Waals surface area contributed by atoms with Gasteiger partial charge in [-0.3, -0.25) is 0 Å². The zero-order chi connectivity index (χ0) is 20.1. The lowest BCUT2D eigenvalue weighted by Crippen LogP contribution is -2.33. The highest BCUT2D eigenvalue weighted by atomic mass is 19.3. The lowest BCUT2D eigenvalue weighted by Gasteiger charge is -2.26. The molecule has 148 valence electrons. The molecule has 2 aromatic rings. The van der Waals surface area contributed by atoms with Crippen LogP contribution in [0.15, 0.2) is 48.5 Å². The Balaban J connectivity index is 1.54. The first kappa shape index (κ1) is 20.3. The Morgan fingerprint density at radius 3 is 2.11 bits per heavy atom. The Morgan fingerprint density at radius 2 is 1.54 bits per heavy atom. The molecule has 3 rings (SSSR count). The second-order valence-electron chi connectivity index (χ2n) is 7.22. The normalized spacial score (nSPS) is 19.8. The van der Waals surface area contributed by atoms with Crippen molar-refractivity contribution in [3.05, 3.63) is 65.2 Å². The molecule has 0 spiro atoms. The first-order chi connectivity index (χ1) is 13.3. The Labute approximate surface area is 162 Å². The van der Waals surface area contributed by atoms with Crippen molar-refractivity contribution >= 4 is 0 Å². The van der Waals surface area contributed by atoms with Crippen LogP contribution in [0.1, 0.15) is 48.3 Å². The van der Waals surface area contributed by atoms with E-state index in [-0.39, 0.29) is 5.75 Å². The highest BCUT2D eigenvalue weighted by molar-refractivity contribution is 5.39. The van der Waals surface area contributed by atoms with Crippen LogP contribution in [0.2, 0.25) is 0 Å². The SMILES string of the molecule is Cc1ccc(C2CCC(C#Cc3ccc(OC(F)(F)C(F)F)cc3)CC2)cc1. The van der Waals surface area contributed by atoms with Crippen molar-refractivity contribution in [2.75, 3.05) is 0 Å². The zero-order valence-electron chi connectivity index (χ0n) is 15.6. The molecule has 0 amide bonds. The first-order valence-corrected chi connectivity index (χ1v) is 9.36. The largest absolute Gasteiger partial charge is 0.461 e. The standard InChI is InChI=1S/C23H22F4O/c1-16-2-10-19(11-3-16)20-12-6-17(7-13-20)4-5-18-8-14-21(15-9-18)28-23(26,27)22(24)25/h2-3,8-11,14-15,17,20,22H,6-7,12-13H2,1H3. The van der Waals surface area contributed by atoms with Crippen LogP contribution in [0.25, 0.3) is 0 Å². The van der Waals surface area contributed by atoms with Gasteiger partial charge in [-0.2, -0.15) is 17.6 Å². The number of hydrogen-bond donors (Lipinski definition) is 0. The molecule has 0 N–H and O–H groups in total. The van der Waals surface area contributed by atoms with Crippen molar-refractivity contribution in [1.29, 1.82) is 0 Å². The molecule has 0 saturated heterocycles. The minimum Gasteiger partial charge on any atom is -0.428 e. The number of halogens is 4. The van der Waals surface area contributed by atoms with E-state index in [9.17, 15) is 17.6 Å². The van der Waals surface area contributed by atoms with E-state index in [2.05, 4.69) is 47.8 Å². The van der Waals surface area contributed by atoms with Crippen LogP contribution in [0, 0.1) is 24.7 Å². The van der Waals surface area contributed by atoms with Crippen molar-refractivity contribution in [3.63, 3.8) is 0 Å². The van der Waals surface area contributed by atoms with Gasteiger partial charge in [0.05, 0.1) is 0 Å². The lowest BCUT2D eigenvalue weighted by atomic mass is 9.79. The van der Waals surface area contributed by atoms with Crippen molar-refractivity contribution < 1.29 is 22.3 Å². The van der Waals surface area contributed by atoms with Gasteiger partial charge in [0.1, 0.15) is 5.75 Å². The summed E-state index contributed by atoms with van der Waals surface area (Å²) >= 11 is 0. The third-order valence-corrected chi connectivity index (χ3v) is 5.06. The molecule has 5 heteroatoms. The molecule has 1 aliphatic carbocycles. The molecule has 1 fully saturated rings. The molecule has 0 radical (unpaired) electrons. The number of alkyl halides is 4. The van der Waals surface area contributed by atoms with Crippen LogP contribution in [-0.4, -0.2) is 12.5 Å². The predicted molar refractivity (Wildman–Crippen MR) is 101 cm³/mol. The highest BCUT2D eigenvalue weighted by Crippen LogP contribution is 2.35. The van der Waals surface area contributed by atoms with E-state index in [1.807, 2.05) is 0 Å². The molecule has 0 bridgehead atoms. The van der Waals surface area contributed by atoms with Crippen LogP contribution in [0.4, 0.5) is 17.6 Å². The second-order valence-corrected chi connectivity index (χ2v) is 7.22. The van der Waals surface area contributed by atoms with Crippen molar-refractivity contribution in [2.45, 2.75) is 51.1 Å².